The van der Waals surface area contributed by atoms with E-state index in [9.17, 15) is 0 Å². The topological polar surface area (TPSA) is 12.0 Å². The summed E-state index contributed by atoms with van der Waals surface area (Å²) in [7, 11) is 0. The second-order valence-electron chi connectivity index (χ2n) is 5.98. The lowest BCUT2D eigenvalue weighted by atomic mass is 10.1. The Kier molecular flexibility index (Phi) is 6.95. The largest absolute Gasteiger partial charge is 0.314 e. The summed E-state index contributed by atoms with van der Waals surface area (Å²) in [5.41, 5.74) is 3.19. The zero-order valence-electron chi connectivity index (χ0n) is 13.1. The van der Waals surface area contributed by atoms with Crippen molar-refractivity contribution in [3.05, 3.63) is 29.3 Å². The summed E-state index contributed by atoms with van der Waals surface area (Å²) in [5.74, 6) is 1.26. The first-order valence-electron chi connectivity index (χ1n) is 8.27. The van der Waals surface area contributed by atoms with E-state index in [1.165, 1.54) is 55.6 Å². The molecule has 1 unspecified atom stereocenters. The molecule has 1 aliphatic rings. The summed E-state index contributed by atoms with van der Waals surface area (Å²) in [4.78, 5) is 1.47. The zero-order chi connectivity index (χ0) is 14.2. The van der Waals surface area contributed by atoms with Crippen molar-refractivity contribution in [2.24, 2.45) is 0 Å². The van der Waals surface area contributed by atoms with E-state index in [0.29, 0.717) is 6.04 Å². The van der Waals surface area contributed by atoms with Crippen molar-refractivity contribution in [3.8, 4) is 0 Å². The van der Waals surface area contributed by atoms with E-state index in [1.54, 1.807) is 11.1 Å². The predicted octanol–water partition coefficient (Wildman–Crippen LogP) is 4.83. The highest BCUT2D eigenvalue weighted by Crippen LogP contribution is 2.28. The molecule has 0 fully saturated rings. The van der Waals surface area contributed by atoms with Crippen LogP contribution in [0.15, 0.2) is 23.1 Å². The number of rotatable bonds is 9. The molecule has 1 N–H and O–H groups in total. The smallest absolute Gasteiger partial charge is 0.00748 e. The molecule has 0 aromatic heterocycles. The lowest BCUT2D eigenvalue weighted by Crippen LogP contribution is -2.26. The maximum Gasteiger partial charge on any atom is 0.00748 e. The first-order valence-corrected chi connectivity index (χ1v) is 9.26. The Hall–Kier alpha value is -0.470. The summed E-state index contributed by atoms with van der Waals surface area (Å²) in [6, 6.07) is 7.78. The van der Waals surface area contributed by atoms with E-state index in [0.717, 1.165) is 6.54 Å². The van der Waals surface area contributed by atoms with E-state index in [-0.39, 0.29) is 0 Å². The number of aryl methyl sites for hydroxylation is 2. The molecule has 0 radical (unpaired) electrons. The molecule has 0 saturated heterocycles. The fourth-order valence-electron chi connectivity index (χ4n) is 2.87. The summed E-state index contributed by atoms with van der Waals surface area (Å²) in [6.07, 6.45) is 9.17. The fourth-order valence-corrected chi connectivity index (χ4v) is 3.85. The second kappa shape index (κ2) is 8.74. The van der Waals surface area contributed by atoms with Gasteiger partial charge in [0, 0.05) is 10.9 Å². The third-order valence-corrected chi connectivity index (χ3v) is 5.19. The molecule has 20 heavy (non-hydrogen) atoms. The predicted molar refractivity (Wildman–Crippen MR) is 90.8 cm³/mol. The Morgan fingerprint density at radius 3 is 2.90 bits per heavy atom. The molecule has 1 nitrogen and oxygen atoms in total. The molecule has 0 saturated carbocycles. The zero-order valence-corrected chi connectivity index (χ0v) is 13.9. The third-order valence-electron chi connectivity index (χ3n) is 4.11. The van der Waals surface area contributed by atoms with Crippen molar-refractivity contribution >= 4 is 11.8 Å². The van der Waals surface area contributed by atoms with Gasteiger partial charge < -0.3 is 5.32 Å². The van der Waals surface area contributed by atoms with Crippen LogP contribution in [0.5, 0.6) is 0 Å². The molecule has 1 aromatic rings. The van der Waals surface area contributed by atoms with Crippen LogP contribution < -0.4 is 5.32 Å². The molecule has 1 aliphatic carbocycles. The van der Waals surface area contributed by atoms with Gasteiger partial charge in [-0.25, -0.2) is 0 Å². The highest BCUT2D eigenvalue weighted by atomic mass is 32.2. The van der Waals surface area contributed by atoms with Crippen molar-refractivity contribution in [1.29, 1.82) is 0 Å². The normalized spacial score (nSPS) is 15.3. The van der Waals surface area contributed by atoms with Gasteiger partial charge in [-0.1, -0.05) is 19.4 Å². The highest BCUT2D eigenvalue weighted by Gasteiger charge is 2.10. The molecule has 0 bridgehead atoms. The average Bonchev–Trinajstić information content (AvgIpc) is 2.92. The van der Waals surface area contributed by atoms with Gasteiger partial charge in [0.1, 0.15) is 0 Å². The number of nitrogens with one attached hydrogen (secondary N) is 1. The molecule has 0 heterocycles. The molecule has 0 spiro atoms. The quantitative estimate of drug-likeness (QED) is 0.517. The van der Waals surface area contributed by atoms with Gasteiger partial charge in [0.05, 0.1) is 0 Å². The number of fused-ring (bicyclic) bond motifs is 1. The van der Waals surface area contributed by atoms with Gasteiger partial charge in [-0.15, -0.1) is 11.8 Å². The first-order chi connectivity index (χ1) is 9.79. The lowest BCUT2D eigenvalue weighted by Gasteiger charge is -2.12. The SMILES string of the molecule is CCCNC(C)CCCCSc1ccc2c(c1)CCC2. The standard InChI is InChI=1S/C18H29NS/c1-3-12-19-15(2)7-4-5-13-20-18-11-10-16-8-6-9-17(16)14-18/h10-11,14-15,19H,3-9,12-13H2,1-2H3. The minimum atomic E-state index is 0.681. The Morgan fingerprint density at radius 2 is 2.05 bits per heavy atom. The third kappa shape index (κ3) is 5.14. The summed E-state index contributed by atoms with van der Waals surface area (Å²) < 4.78 is 0. The van der Waals surface area contributed by atoms with Crippen LogP contribution in [0, 0.1) is 0 Å². The van der Waals surface area contributed by atoms with Crippen LogP contribution in [0.3, 0.4) is 0 Å². The number of hydrogen-bond donors (Lipinski definition) is 1. The van der Waals surface area contributed by atoms with E-state index < -0.39 is 0 Å². The molecule has 112 valence electrons. The fraction of sp³-hybridized carbons (Fsp3) is 0.667. The van der Waals surface area contributed by atoms with Crippen LogP contribution in [-0.2, 0) is 12.8 Å². The highest BCUT2D eigenvalue weighted by molar-refractivity contribution is 7.99. The van der Waals surface area contributed by atoms with E-state index in [4.69, 9.17) is 0 Å². The van der Waals surface area contributed by atoms with Crippen molar-refractivity contribution in [1.82, 2.24) is 5.32 Å². The van der Waals surface area contributed by atoms with Crippen molar-refractivity contribution in [2.45, 2.75) is 69.7 Å². The van der Waals surface area contributed by atoms with Crippen LogP contribution in [-0.4, -0.2) is 18.3 Å². The molecule has 0 aliphatic heterocycles. The number of hydrogen-bond acceptors (Lipinski definition) is 2. The maximum atomic E-state index is 3.56. The lowest BCUT2D eigenvalue weighted by molar-refractivity contribution is 0.496. The minimum Gasteiger partial charge on any atom is -0.314 e. The monoisotopic (exact) mass is 291 g/mol. The molecular formula is C18H29NS. The van der Waals surface area contributed by atoms with Crippen molar-refractivity contribution < 1.29 is 0 Å². The van der Waals surface area contributed by atoms with Crippen LogP contribution in [0.4, 0.5) is 0 Å². The average molecular weight is 292 g/mol. The molecule has 0 amide bonds. The van der Waals surface area contributed by atoms with Gasteiger partial charge >= 0.3 is 0 Å². The first kappa shape index (κ1) is 15.9. The molecule has 2 rings (SSSR count). The second-order valence-corrected chi connectivity index (χ2v) is 7.15. The van der Waals surface area contributed by atoms with Crippen molar-refractivity contribution in [3.63, 3.8) is 0 Å². The molecular weight excluding hydrogens is 262 g/mol. The van der Waals surface area contributed by atoms with E-state index >= 15 is 0 Å². The van der Waals surface area contributed by atoms with Gasteiger partial charge in [-0.05, 0) is 81.0 Å². The Labute approximate surface area is 128 Å². The van der Waals surface area contributed by atoms with Crippen LogP contribution in [0.2, 0.25) is 0 Å². The van der Waals surface area contributed by atoms with Crippen molar-refractivity contribution in [2.75, 3.05) is 12.3 Å². The maximum absolute atomic E-state index is 3.56. The number of benzene rings is 1. The summed E-state index contributed by atoms with van der Waals surface area (Å²) >= 11 is 2.04. The van der Waals surface area contributed by atoms with Gasteiger partial charge in [0.2, 0.25) is 0 Å². The Morgan fingerprint density at radius 1 is 1.20 bits per heavy atom. The summed E-state index contributed by atoms with van der Waals surface area (Å²) in [6.45, 7) is 5.70. The molecule has 1 aromatic carbocycles. The van der Waals surface area contributed by atoms with E-state index in [2.05, 4.69) is 37.4 Å². The number of unbranched alkanes of at least 4 members (excludes halogenated alkanes) is 1. The van der Waals surface area contributed by atoms with E-state index in [1.807, 2.05) is 11.8 Å². The minimum absolute atomic E-state index is 0.681. The van der Waals surface area contributed by atoms with Gasteiger partial charge in [-0.2, -0.15) is 0 Å². The van der Waals surface area contributed by atoms with Crippen LogP contribution >= 0.6 is 11.8 Å². The number of thioether (sulfide) groups is 1. The van der Waals surface area contributed by atoms with Gasteiger partial charge in [0.25, 0.3) is 0 Å². The van der Waals surface area contributed by atoms with Gasteiger partial charge in [-0.3, -0.25) is 0 Å². The molecule has 2 heteroatoms. The Balaban J connectivity index is 1.59. The summed E-state index contributed by atoms with van der Waals surface area (Å²) in [5, 5.41) is 3.56. The Bertz CT molecular complexity index is 402. The molecule has 1 atom stereocenters. The van der Waals surface area contributed by atoms with Crippen LogP contribution in [0.1, 0.15) is 57.1 Å². The van der Waals surface area contributed by atoms with Gasteiger partial charge in [0.15, 0.2) is 0 Å². The van der Waals surface area contributed by atoms with Crippen LogP contribution in [0.25, 0.3) is 0 Å².